The lowest BCUT2D eigenvalue weighted by atomic mass is 10.0. The maximum atomic E-state index is 13.3. The highest BCUT2D eigenvalue weighted by Crippen LogP contribution is 2.36. The first-order valence-electron chi connectivity index (χ1n) is 10.5. The molecule has 0 unspecified atom stereocenters. The molecule has 1 saturated heterocycles. The number of hydrogen-bond acceptors (Lipinski definition) is 5. The first-order valence-corrected chi connectivity index (χ1v) is 10.5. The maximum absolute atomic E-state index is 13.3. The maximum Gasteiger partial charge on any atom is 0.273 e. The Labute approximate surface area is 180 Å². The molecule has 2 aliphatic rings. The van der Waals surface area contributed by atoms with Crippen LogP contribution in [0.15, 0.2) is 48.9 Å². The first-order chi connectivity index (χ1) is 15.0. The van der Waals surface area contributed by atoms with Crippen molar-refractivity contribution in [3.8, 4) is 11.4 Å². The fourth-order valence-electron chi connectivity index (χ4n) is 4.74. The second-order valence-corrected chi connectivity index (χ2v) is 8.30. The summed E-state index contributed by atoms with van der Waals surface area (Å²) in [5, 5.41) is 0. The van der Waals surface area contributed by atoms with Crippen LogP contribution >= 0.6 is 0 Å². The Balaban J connectivity index is 1.59. The summed E-state index contributed by atoms with van der Waals surface area (Å²) in [5.41, 5.74) is 2.76. The van der Waals surface area contributed by atoms with E-state index < -0.39 is 0 Å². The lowest BCUT2D eigenvalue weighted by molar-refractivity contribution is 0.0659. The molecule has 31 heavy (non-hydrogen) atoms. The summed E-state index contributed by atoms with van der Waals surface area (Å²) in [5.74, 6) is 0.593. The fraction of sp³-hybridized carbons (Fsp3) is 0.348. The number of aromatic nitrogens is 4. The Morgan fingerprint density at radius 3 is 2.55 bits per heavy atom. The van der Waals surface area contributed by atoms with Crippen LogP contribution in [0.2, 0.25) is 0 Å². The quantitative estimate of drug-likeness (QED) is 0.654. The Bertz CT molecular complexity index is 1130. The summed E-state index contributed by atoms with van der Waals surface area (Å²) >= 11 is 0. The van der Waals surface area contributed by atoms with Gasteiger partial charge in [-0.15, -0.1) is 0 Å². The minimum atomic E-state index is -0.114. The van der Waals surface area contributed by atoms with Crippen LogP contribution in [0.4, 0.5) is 0 Å². The molecule has 0 saturated carbocycles. The second kappa shape index (κ2) is 7.61. The molecule has 0 N–H and O–H groups in total. The predicted molar refractivity (Wildman–Crippen MR) is 114 cm³/mol. The van der Waals surface area contributed by atoms with Gasteiger partial charge in [-0.25, -0.2) is 15.0 Å². The summed E-state index contributed by atoms with van der Waals surface area (Å²) in [6.45, 7) is 0.612. The van der Waals surface area contributed by atoms with Gasteiger partial charge in [-0.1, -0.05) is 30.3 Å². The largest absolute Gasteiger partial charge is 0.343 e. The predicted octanol–water partition coefficient (Wildman–Crippen LogP) is 2.27. The number of fused-ring (bicyclic) bond motifs is 3. The van der Waals surface area contributed by atoms with E-state index >= 15 is 0 Å². The van der Waals surface area contributed by atoms with Gasteiger partial charge in [0.25, 0.3) is 11.8 Å². The third kappa shape index (κ3) is 3.28. The zero-order valence-corrected chi connectivity index (χ0v) is 17.6. The molecule has 5 rings (SSSR count). The number of hydrogen-bond donors (Lipinski definition) is 0. The minimum absolute atomic E-state index is 0.0164. The van der Waals surface area contributed by atoms with Crippen LogP contribution in [0.25, 0.3) is 11.4 Å². The number of rotatable bonds is 3. The molecule has 0 spiro atoms. The molecule has 0 aliphatic carbocycles. The molecular formula is C23H24N6O2. The van der Waals surface area contributed by atoms with Crippen molar-refractivity contribution in [2.45, 2.75) is 37.9 Å². The van der Waals surface area contributed by atoms with Crippen LogP contribution < -0.4 is 0 Å². The molecule has 2 atom stereocenters. The average Bonchev–Trinajstić information content (AvgIpc) is 3.29. The summed E-state index contributed by atoms with van der Waals surface area (Å²) in [4.78, 5) is 42.7. The third-order valence-corrected chi connectivity index (χ3v) is 6.19. The summed E-state index contributed by atoms with van der Waals surface area (Å²) in [6.07, 6.45) is 5.42. The van der Waals surface area contributed by atoms with E-state index in [1.807, 2.05) is 35.2 Å². The van der Waals surface area contributed by atoms with Gasteiger partial charge in [-0.3, -0.25) is 9.59 Å². The molecule has 1 aromatic carbocycles. The molecule has 0 radical (unpaired) electrons. The van der Waals surface area contributed by atoms with Crippen molar-refractivity contribution < 1.29 is 9.59 Å². The van der Waals surface area contributed by atoms with E-state index in [-0.39, 0.29) is 23.9 Å². The van der Waals surface area contributed by atoms with Crippen LogP contribution in [0.1, 0.15) is 39.5 Å². The molecule has 1 fully saturated rings. The molecular weight excluding hydrogens is 392 g/mol. The van der Waals surface area contributed by atoms with Gasteiger partial charge in [0.15, 0.2) is 0 Å². The molecule has 2 aliphatic heterocycles. The van der Waals surface area contributed by atoms with E-state index in [1.165, 1.54) is 6.33 Å². The zero-order valence-electron chi connectivity index (χ0n) is 17.6. The molecule has 2 bridgehead atoms. The number of imidazole rings is 1. The number of benzene rings is 1. The van der Waals surface area contributed by atoms with Crippen molar-refractivity contribution in [1.29, 1.82) is 0 Å². The first kappa shape index (κ1) is 19.4. The lowest BCUT2D eigenvalue weighted by Crippen LogP contribution is -2.42. The number of nitrogens with zero attached hydrogens (tertiary/aromatic N) is 6. The van der Waals surface area contributed by atoms with Gasteiger partial charge < -0.3 is 14.4 Å². The minimum Gasteiger partial charge on any atom is -0.343 e. The van der Waals surface area contributed by atoms with Gasteiger partial charge in [-0.2, -0.15) is 0 Å². The number of carbonyl (C=O) groups is 2. The van der Waals surface area contributed by atoms with Gasteiger partial charge in [0.2, 0.25) is 0 Å². The zero-order chi connectivity index (χ0) is 21.5. The average molecular weight is 416 g/mol. The summed E-state index contributed by atoms with van der Waals surface area (Å²) in [7, 11) is 3.48. The SMILES string of the molecule is CN(C)C(=O)c1nc(-c2ccccc2)n2c1C[C@@H]1CC[C@H](C2)N1C(=O)c1ccncn1. The molecule has 2 amide bonds. The van der Waals surface area contributed by atoms with Gasteiger partial charge in [0.05, 0.1) is 11.7 Å². The molecule has 158 valence electrons. The van der Waals surface area contributed by atoms with Crippen LogP contribution in [0.3, 0.4) is 0 Å². The summed E-state index contributed by atoms with van der Waals surface area (Å²) in [6, 6.07) is 11.6. The smallest absolute Gasteiger partial charge is 0.273 e. The monoisotopic (exact) mass is 416 g/mol. The standard InChI is InChI=1S/C23H24N6O2/c1-27(2)23(31)20-19-12-16-8-9-17(29(16)22(30)18-10-11-24-14-25-18)13-28(19)21(26-20)15-6-4-3-5-7-15/h3-7,10-11,14,16-17H,8-9,12-13H2,1-2H3/t16-,17+/m0/s1. The van der Waals surface area contributed by atoms with Crippen molar-refractivity contribution in [2.75, 3.05) is 14.1 Å². The van der Waals surface area contributed by atoms with Crippen LogP contribution in [0.5, 0.6) is 0 Å². The highest BCUT2D eigenvalue weighted by Gasteiger charge is 2.43. The van der Waals surface area contributed by atoms with Crippen molar-refractivity contribution in [2.24, 2.45) is 0 Å². The van der Waals surface area contributed by atoms with Gasteiger partial charge >= 0.3 is 0 Å². The van der Waals surface area contributed by atoms with Crippen molar-refractivity contribution >= 4 is 11.8 Å². The van der Waals surface area contributed by atoms with Crippen molar-refractivity contribution in [1.82, 2.24) is 29.3 Å². The van der Waals surface area contributed by atoms with E-state index in [0.717, 1.165) is 29.9 Å². The van der Waals surface area contributed by atoms with E-state index in [9.17, 15) is 9.59 Å². The Kier molecular flexibility index (Phi) is 4.77. The van der Waals surface area contributed by atoms with Gasteiger partial charge in [0, 0.05) is 44.9 Å². The van der Waals surface area contributed by atoms with E-state index in [4.69, 9.17) is 4.98 Å². The van der Waals surface area contributed by atoms with E-state index in [2.05, 4.69) is 14.5 Å². The van der Waals surface area contributed by atoms with Crippen molar-refractivity contribution in [3.63, 3.8) is 0 Å². The number of carbonyl (C=O) groups excluding carboxylic acids is 2. The molecule has 8 nitrogen and oxygen atoms in total. The Morgan fingerprint density at radius 2 is 1.84 bits per heavy atom. The normalized spacial score (nSPS) is 19.6. The van der Waals surface area contributed by atoms with Crippen LogP contribution in [0, 0.1) is 0 Å². The number of amides is 2. The molecule has 8 heteroatoms. The third-order valence-electron chi connectivity index (χ3n) is 6.19. The fourth-order valence-corrected chi connectivity index (χ4v) is 4.74. The Morgan fingerprint density at radius 1 is 1.06 bits per heavy atom. The van der Waals surface area contributed by atoms with Gasteiger partial charge in [0.1, 0.15) is 23.5 Å². The topological polar surface area (TPSA) is 84.2 Å². The summed E-state index contributed by atoms with van der Waals surface area (Å²) < 4.78 is 2.15. The second-order valence-electron chi connectivity index (χ2n) is 8.30. The lowest BCUT2D eigenvalue weighted by Gasteiger charge is -2.27. The molecule has 4 heterocycles. The highest BCUT2D eigenvalue weighted by molar-refractivity contribution is 5.95. The van der Waals surface area contributed by atoms with Gasteiger partial charge in [-0.05, 0) is 18.9 Å². The van der Waals surface area contributed by atoms with Crippen LogP contribution in [-0.2, 0) is 13.0 Å². The van der Waals surface area contributed by atoms with Crippen molar-refractivity contribution in [3.05, 3.63) is 66.0 Å². The highest BCUT2D eigenvalue weighted by atomic mass is 16.2. The van der Waals surface area contributed by atoms with E-state index in [0.29, 0.717) is 24.4 Å². The van der Waals surface area contributed by atoms with Crippen LogP contribution in [-0.4, -0.2) is 67.3 Å². The Hall–Kier alpha value is -3.55. The van der Waals surface area contributed by atoms with E-state index in [1.54, 1.807) is 31.3 Å². The molecule has 3 aromatic rings. The molecule has 2 aromatic heterocycles.